The number of fused-ring (bicyclic) bond motifs is 2. The normalized spacial score (nSPS) is 21.2. The zero-order valence-corrected chi connectivity index (χ0v) is 11.7. The van der Waals surface area contributed by atoms with Crippen molar-refractivity contribution in [2.24, 2.45) is 0 Å². The van der Waals surface area contributed by atoms with Crippen LogP contribution in [0.1, 0.15) is 28.8 Å². The van der Waals surface area contributed by atoms with Crippen molar-refractivity contribution in [1.29, 1.82) is 0 Å². The maximum absolute atomic E-state index is 12.6. The molecule has 0 saturated carbocycles. The van der Waals surface area contributed by atoms with E-state index in [-0.39, 0.29) is 24.1 Å². The van der Waals surface area contributed by atoms with Crippen LogP contribution in [-0.2, 0) is 16.1 Å². The van der Waals surface area contributed by atoms with Crippen LogP contribution in [0.4, 0.5) is 0 Å². The van der Waals surface area contributed by atoms with Gasteiger partial charge >= 0.3 is 0 Å². The SMILES string of the molecule is O=C1CCC(N2Cc3cc4cccnc4cc3C2=O)C(=O)N1. The van der Waals surface area contributed by atoms with Crippen molar-refractivity contribution < 1.29 is 14.4 Å². The van der Waals surface area contributed by atoms with E-state index in [0.717, 1.165) is 16.5 Å². The van der Waals surface area contributed by atoms with Crippen molar-refractivity contribution in [1.82, 2.24) is 15.2 Å². The van der Waals surface area contributed by atoms with Crippen molar-refractivity contribution in [2.75, 3.05) is 0 Å². The van der Waals surface area contributed by atoms with Gasteiger partial charge in [-0.25, -0.2) is 0 Å². The maximum atomic E-state index is 12.6. The molecule has 2 aliphatic rings. The van der Waals surface area contributed by atoms with Gasteiger partial charge in [0, 0.05) is 30.1 Å². The third-order valence-electron chi connectivity index (χ3n) is 4.25. The molecule has 0 bridgehead atoms. The highest BCUT2D eigenvalue weighted by molar-refractivity contribution is 6.06. The summed E-state index contributed by atoms with van der Waals surface area (Å²) in [6, 6.07) is 6.94. The fourth-order valence-corrected chi connectivity index (χ4v) is 3.14. The molecule has 1 aromatic heterocycles. The smallest absolute Gasteiger partial charge is 0.255 e. The van der Waals surface area contributed by atoms with Gasteiger partial charge in [-0.05, 0) is 30.2 Å². The lowest BCUT2D eigenvalue weighted by Gasteiger charge is -2.29. The van der Waals surface area contributed by atoms with Crippen molar-refractivity contribution in [3.63, 3.8) is 0 Å². The Hall–Kier alpha value is -2.76. The van der Waals surface area contributed by atoms with E-state index in [9.17, 15) is 14.4 Å². The summed E-state index contributed by atoms with van der Waals surface area (Å²) >= 11 is 0. The van der Waals surface area contributed by atoms with E-state index in [0.29, 0.717) is 18.5 Å². The topological polar surface area (TPSA) is 79.4 Å². The summed E-state index contributed by atoms with van der Waals surface area (Å²) in [7, 11) is 0. The highest BCUT2D eigenvalue weighted by atomic mass is 16.2. The average molecular weight is 295 g/mol. The lowest BCUT2D eigenvalue weighted by molar-refractivity contribution is -0.136. The molecule has 6 nitrogen and oxygen atoms in total. The first-order valence-corrected chi connectivity index (χ1v) is 7.16. The molecule has 2 aliphatic heterocycles. The molecule has 6 heteroatoms. The summed E-state index contributed by atoms with van der Waals surface area (Å²) in [4.78, 5) is 41.6. The summed E-state index contributed by atoms with van der Waals surface area (Å²) in [6.07, 6.45) is 2.33. The number of hydrogen-bond acceptors (Lipinski definition) is 4. The second-order valence-corrected chi connectivity index (χ2v) is 5.61. The van der Waals surface area contributed by atoms with Gasteiger partial charge in [-0.1, -0.05) is 6.07 Å². The average Bonchev–Trinajstić information content (AvgIpc) is 2.82. The monoisotopic (exact) mass is 295 g/mol. The van der Waals surface area contributed by atoms with Gasteiger partial charge in [0.25, 0.3) is 5.91 Å². The third kappa shape index (κ3) is 1.88. The number of aromatic nitrogens is 1. The third-order valence-corrected chi connectivity index (χ3v) is 4.25. The highest BCUT2D eigenvalue weighted by Gasteiger charge is 2.39. The quantitative estimate of drug-likeness (QED) is 0.796. The first kappa shape index (κ1) is 12.9. The van der Waals surface area contributed by atoms with Gasteiger partial charge < -0.3 is 4.90 Å². The van der Waals surface area contributed by atoms with Crippen LogP contribution in [0.5, 0.6) is 0 Å². The summed E-state index contributed by atoms with van der Waals surface area (Å²) in [5, 5.41) is 3.27. The molecule has 1 fully saturated rings. The first-order chi connectivity index (χ1) is 10.6. The van der Waals surface area contributed by atoms with E-state index < -0.39 is 6.04 Å². The number of rotatable bonds is 1. The van der Waals surface area contributed by atoms with Crippen LogP contribution >= 0.6 is 0 Å². The molecule has 3 amide bonds. The molecule has 1 atom stereocenters. The number of benzene rings is 1. The molecule has 22 heavy (non-hydrogen) atoms. The van der Waals surface area contributed by atoms with Crippen LogP contribution < -0.4 is 5.32 Å². The second kappa shape index (κ2) is 4.62. The predicted molar refractivity (Wildman–Crippen MR) is 77.8 cm³/mol. The molecule has 1 saturated heterocycles. The molecule has 0 spiro atoms. The Bertz CT molecular complexity index is 830. The second-order valence-electron chi connectivity index (χ2n) is 5.61. The van der Waals surface area contributed by atoms with E-state index in [2.05, 4.69) is 10.3 Å². The molecule has 110 valence electrons. The largest absolute Gasteiger partial charge is 0.322 e. The van der Waals surface area contributed by atoms with Crippen LogP contribution in [-0.4, -0.2) is 33.6 Å². The van der Waals surface area contributed by atoms with Crippen molar-refractivity contribution in [3.8, 4) is 0 Å². The van der Waals surface area contributed by atoms with E-state index >= 15 is 0 Å². The van der Waals surface area contributed by atoms with Gasteiger partial charge in [-0.15, -0.1) is 0 Å². The number of carbonyl (C=O) groups is 3. The lowest BCUT2D eigenvalue weighted by atomic mass is 10.0. The number of pyridine rings is 1. The number of hydrogen-bond donors (Lipinski definition) is 1. The van der Waals surface area contributed by atoms with Gasteiger partial charge in [0.2, 0.25) is 11.8 Å². The molecule has 1 N–H and O–H groups in total. The predicted octanol–water partition coefficient (Wildman–Crippen LogP) is 0.996. The van der Waals surface area contributed by atoms with Crippen LogP contribution in [0.2, 0.25) is 0 Å². The zero-order valence-electron chi connectivity index (χ0n) is 11.7. The molecular formula is C16H13N3O3. The minimum atomic E-state index is -0.575. The molecular weight excluding hydrogens is 282 g/mol. The van der Waals surface area contributed by atoms with Crippen LogP contribution in [0.3, 0.4) is 0 Å². The fourth-order valence-electron chi connectivity index (χ4n) is 3.14. The molecule has 0 radical (unpaired) electrons. The number of piperidine rings is 1. The number of amides is 3. The Balaban J connectivity index is 1.71. The number of nitrogens with one attached hydrogen (secondary N) is 1. The minimum Gasteiger partial charge on any atom is -0.322 e. The van der Waals surface area contributed by atoms with Crippen LogP contribution in [0.15, 0.2) is 30.5 Å². The molecule has 0 aliphatic carbocycles. The molecule has 1 unspecified atom stereocenters. The van der Waals surface area contributed by atoms with E-state index in [4.69, 9.17) is 0 Å². The number of imide groups is 1. The van der Waals surface area contributed by atoms with Crippen molar-refractivity contribution in [3.05, 3.63) is 41.6 Å². The molecule has 3 heterocycles. The Morgan fingerprint density at radius 1 is 1.23 bits per heavy atom. The van der Waals surface area contributed by atoms with E-state index in [1.807, 2.05) is 18.2 Å². The van der Waals surface area contributed by atoms with Gasteiger partial charge in [-0.2, -0.15) is 0 Å². The minimum absolute atomic E-state index is 0.169. The first-order valence-electron chi connectivity index (χ1n) is 7.16. The van der Waals surface area contributed by atoms with E-state index in [1.165, 1.54) is 0 Å². The Labute approximate surface area is 126 Å². The van der Waals surface area contributed by atoms with E-state index in [1.54, 1.807) is 17.2 Å². The lowest BCUT2D eigenvalue weighted by Crippen LogP contribution is -2.52. The van der Waals surface area contributed by atoms with Crippen molar-refractivity contribution in [2.45, 2.75) is 25.4 Å². The summed E-state index contributed by atoms with van der Waals surface area (Å²) in [6.45, 7) is 0.394. The van der Waals surface area contributed by atoms with Gasteiger partial charge in [-0.3, -0.25) is 24.7 Å². The highest BCUT2D eigenvalue weighted by Crippen LogP contribution is 2.30. The van der Waals surface area contributed by atoms with Gasteiger partial charge in [0.1, 0.15) is 6.04 Å². The molecule has 2 aromatic rings. The van der Waals surface area contributed by atoms with Gasteiger partial charge in [0.05, 0.1) is 5.52 Å². The maximum Gasteiger partial charge on any atom is 0.255 e. The number of nitrogens with zero attached hydrogens (tertiary/aromatic N) is 2. The summed E-state index contributed by atoms with van der Waals surface area (Å²) in [5.74, 6) is -0.836. The summed E-state index contributed by atoms with van der Waals surface area (Å²) < 4.78 is 0. The number of carbonyl (C=O) groups excluding carboxylic acids is 3. The van der Waals surface area contributed by atoms with Crippen molar-refractivity contribution >= 4 is 28.6 Å². The van der Waals surface area contributed by atoms with Gasteiger partial charge in [0.15, 0.2) is 0 Å². The molecule has 1 aromatic carbocycles. The Morgan fingerprint density at radius 2 is 2.09 bits per heavy atom. The van der Waals surface area contributed by atoms with Crippen LogP contribution in [0, 0.1) is 0 Å². The standard InChI is InChI=1S/C16H13N3O3/c20-14-4-3-13(15(21)18-14)19-8-10-6-9-2-1-5-17-12(9)7-11(10)16(19)22/h1-2,5-7,13H,3-4,8H2,(H,18,20,21). The Morgan fingerprint density at radius 3 is 2.91 bits per heavy atom. The fraction of sp³-hybridized carbons (Fsp3) is 0.250. The summed E-state index contributed by atoms with van der Waals surface area (Å²) in [5.41, 5.74) is 2.26. The van der Waals surface area contributed by atoms with Crippen LogP contribution in [0.25, 0.3) is 10.9 Å². The Kier molecular flexibility index (Phi) is 2.72. The zero-order chi connectivity index (χ0) is 15.3. The molecule has 4 rings (SSSR count).